The number of ether oxygens (including phenoxy) is 4. The van der Waals surface area contributed by atoms with Gasteiger partial charge in [-0.3, -0.25) is 9.69 Å². The Morgan fingerprint density at radius 1 is 0.784 bits per heavy atom. The zero-order chi connectivity index (χ0) is 36.1. The average Bonchev–Trinajstić information content (AvgIpc) is 3.59. The van der Waals surface area contributed by atoms with Crippen molar-refractivity contribution < 1.29 is 33.6 Å². The van der Waals surface area contributed by atoms with Gasteiger partial charge in [-0.05, 0) is 65.4 Å². The fourth-order valence-corrected chi connectivity index (χ4v) is 6.45. The van der Waals surface area contributed by atoms with Crippen LogP contribution in [0.4, 0.5) is 0 Å². The molecule has 0 saturated carbocycles. The summed E-state index contributed by atoms with van der Waals surface area (Å²) in [6.45, 7) is 1.41. The van der Waals surface area contributed by atoms with E-state index in [1.807, 2.05) is 102 Å². The van der Waals surface area contributed by atoms with Crippen LogP contribution in [0, 0.1) is 0 Å². The van der Waals surface area contributed by atoms with Crippen LogP contribution in [-0.4, -0.2) is 87.1 Å². The van der Waals surface area contributed by atoms with Crippen molar-refractivity contribution in [1.82, 2.24) is 15.2 Å². The van der Waals surface area contributed by atoms with Crippen molar-refractivity contribution >= 4 is 22.8 Å². The predicted octanol–water partition coefficient (Wildman–Crippen LogP) is 5.47. The summed E-state index contributed by atoms with van der Waals surface area (Å²) in [7, 11) is 4.60. The topological polar surface area (TPSA) is 122 Å². The summed E-state index contributed by atoms with van der Waals surface area (Å²) in [5.74, 6) is 0.658. The summed E-state index contributed by atoms with van der Waals surface area (Å²) in [6, 6.07) is 32.8. The number of aliphatic hydroxyl groups is 1. The van der Waals surface area contributed by atoms with Crippen molar-refractivity contribution in [3.8, 4) is 11.5 Å². The fraction of sp³-hybridized carbons (Fsp3) is 0.317. The summed E-state index contributed by atoms with van der Waals surface area (Å²) in [4.78, 5) is 31.4. The second kappa shape index (κ2) is 18.2. The van der Waals surface area contributed by atoms with Crippen LogP contribution >= 0.6 is 0 Å². The Kier molecular flexibility index (Phi) is 13.2. The maximum absolute atomic E-state index is 13.4. The van der Waals surface area contributed by atoms with E-state index in [9.17, 15) is 14.7 Å². The van der Waals surface area contributed by atoms with E-state index in [4.69, 9.17) is 18.9 Å². The lowest BCUT2D eigenvalue weighted by Gasteiger charge is -2.36. The number of aromatic amines is 1. The van der Waals surface area contributed by atoms with E-state index in [1.54, 1.807) is 14.2 Å². The van der Waals surface area contributed by atoms with Crippen molar-refractivity contribution in [3.63, 3.8) is 0 Å². The molecule has 51 heavy (non-hydrogen) atoms. The molecule has 0 bridgehead atoms. The SMILES string of the molecule is COC(=O)C(Cc1c[nH]c2ccccc12)NC(=O)CN(CCCO)CCCOC(c1ccccc1)(c1ccc(OC)cc1)c1ccc(OC)cc1. The fourth-order valence-electron chi connectivity index (χ4n) is 6.45. The number of rotatable bonds is 19. The number of amides is 1. The number of nitrogens with zero attached hydrogens (tertiary/aromatic N) is 1. The first kappa shape index (κ1) is 37.1. The minimum Gasteiger partial charge on any atom is -0.497 e. The van der Waals surface area contributed by atoms with Gasteiger partial charge in [0.25, 0.3) is 0 Å². The molecule has 1 heterocycles. The molecule has 5 aromatic rings. The molecule has 5 rings (SSSR count). The number of carbonyl (C=O) groups excluding carboxylic acids is 2. The van der Waals surface area contributed by atoms with Crippen LogP contribution in [0.3, 0.4) is 0 Å². The van der Waals surface area contributed by atoms with Crippen molar-refractivity contribution in [1.29, 1.82) is 0 Å². The molecule has 1 amide bonds. The highest BCUT2D eigenvalue weighted by molar-refractivity contribution is 5.87. The van der Waals surface area contributed by atoms with Gasteiger partial charge in [0.05, 0.1) is 27.9 Å². The van der Waals surface area contributed by atoms with Gasteiger partial charge in [0.15, 0.2) is 0 Å². The van der Waals surface area contributed by atoms with Gasteiger partial charge >= 0.3 is 5.97 Å². The Hall–Kier alpha value is -5.16. The molecule has 1 atom stereocenters. The van der Waals surface area contributed by atoms with E-state index in [1.165, 1.54) is 7.11 Å². The summed E-state index contributed by atoms with van der Waals surface area (Å²) in [6.07, 6.45) is 3.23. The zero-order valence-corrected chi connectivity index (χ0v) is 29.5. The number of benzene rings is 4. The smallest absolute Gasteiger partial charge is 0.328 e. The summed E-state index contributed by atoms with van der Waals surface area (Å²) >= 11 is 0. The lowest BCUT2D eigenvalue weighted by atomic mass is 9.80. The third-order valence-corrected chi connectivity index (χ3v) is 9.03. The Morgan fingerprint density at radius 2 is 1.37 bits per heavy atom. The van der Waals surface area contributed by atoms with Gasteiger partial charge in [-0.1, -0.05) is 72.8 Å². The molecule has 0 radical (unpaired) electrons. The number of aliphatic hydroxyl groups excluding tert-OH is 1. The first-order valence-electron chi connectivity index (χ1n) is 17.2. The van der Waals surface area contributed by atoms with E-state index in [0.29, 0.717) is 32.5 Å². The number of methoxy groups -OCH3 is 3. The van der Waals surface area contributed by atoms with E-state index in [-0.39, 0.29) is 25.5 Å². The molecule has 0 aliphatic heterocycles. The van der Waals surface area contributed by atoms with Crippen LogP contribution in [0.25, 0.3) is 10.9 Å². The maximum Gasteiger partial charge on any atom is 0.328 e. The van der Waals surface area contributed by atoms with Gasteiger partial charge in [-0.2, -0.15) is 0 Å². The Morgan fingerprint density at radius 3 is 1.98 bits per heavy atom. The van der Waals surface area contributed by atoms with Crippen molar-refractivity contribution in [2.24, 2.45) is 0 Å². The molecule has 0 spiro atoms. The average molecular weight is 694 g/mol. The molecule has 0 saturated heterocycles. The minimum absolute atomic E-state index is 0.00791. The van der Waals surface area contributed by atoms with Crippen LogP contribution < -0.4 is 14.8 Å². The zero-order valence-electron chi connectivity index (χ0n) is 29.5. The van der Waals surface area contributed by atoms with Crippen molar-refractivity contribution in [3.05, 3.63) is 132 Å². The third-order valence-electron chi connectivity index (χ3n) is 9.03. The van der Waals surface area contributed by atoms with Gasteiger partial charge in [-0.25, -0.2) is 4.79 Å². The lowest BCUT2D eigenvalue weighted by molar-refractivity contribution is -0.145. The van der Waals surface area contributed by atoms with Crippen molar-refractivity contribution in [2.45, 2.75) is 30.9 Å². The van der Waals surface area contributed by atoms with Crippen LogP contribution in [0.2, 0.25) is 0 Å². The van der Waals surface area contributed by atoms with Gasteiger partial charge in [0.2, 0.25) is 5.91 Å². The van der Waals surface area contributed by atoms with Gasteiger partial charge in [-0.15, -0.1) is 0 Å². The third kappa shape index (κ3) is 9.15. The number of hydrogen-bond acceptors (Lipinski definition) is 8. The first-order chi connectivity index (χ1) is 24.9. The van der Waals surface area contributed by atoms with Crippen LogP contribution in [0.15, 0.2) is 109 Å². The number of para-hydroxylation sites is 1. The number of hydrogen-bond donors (Lipinski definition) is 3. The van der Waals surface area contributed by atoms with Gasteiger partial charge in [0.1, 0.15) is 23.1 Å². The quantitative estimate of drug-likeness (QED) is 0.0592. The molecule has 0 aliphatic rings. The highest BCUT2D eigenvalue weighted by Crippen LogP contribution is 2.41. The Bertz CT molecular complexity index is 1780. The molecule has 4 aromatic carbocycles. The molecule has 268 valence electrons. The molecule has 0 aliphatic carbocycles. The highest BCUT2D eigenvalue weighted by atomic mass is 16.5. The Labute approximate surface area is 299 Å². The molecule has 0 fully saturated rings. The molecular weight excluding hydrogens is 646 g/mol. The monoisotopic (exact) mass is 693 g/mol. The van der Waals surface area contributed by atoms with E-state index in [2.05, 4.69) is 22.4 Å². The van der Waals surface area contributed by atoms with E-state index < -0.39 is 17.6 Å². The molecule has 3 N–H and O–H groups in total. The van der Waals surface area contributed by atoms with Crippen LogP contribution in [0.1, 0.15) is 35.1 Å². The molecule has 1 aromatic heterocycles. The first-order valence-corrected chi connectivity index (χ1v) is 17.2. The molecule has 1 unspecified atom stereocenters. The number of esters is 1. The Balaban J connectivity index is 1.32. The number of nitrogens with one attached hydrogen (secondary N) is 2. The van der Waals surface area contributed by atoms with Gasteiger partial charge < -0.3 is 34.4 Å². The minimum atomic E-state index is -0.955. The summed E-state index contributed by atoms with van der Waals surface area (Å²) in [5, 5.41) is 13.5. The normalized spacial score (nSPS) is 12.1. The number of aromatic nitrogens is 1. The number of fused-ring (bicyclic) bond motifs is 1. The van der Waals surface area contributed by atoms with E-state index >= 15 is 0 Å². The van der Waals surface area contributed by atoms with Crippen LogP contribution in [0.5, 0.6) is 11.5 Å². The number of carbonyl (C=O) groups is 2. The molecule has 10 nitrogen and oxygen atoms in total. The lowest BCUT2D eigenvalue weighted by Crippen LogP contribution is -2.47. The second-order valence-electron chi connectivity index (χ2n) is 12.3. The van der Waals surface area contributed by atoms with Crippen molar-refractivity contribution in [2.75, 3.05) is 54.2 Å². The summed E-state index contributed by atoms with van der Waals surface area (Å²) in [5.41, 5.74) is 3.73. The highest BCUT2D eigenvalue weighted by Gasteiger charge is 2.38. The van der Waals surface area contributed by atoms with E-state index in [0.717, 1.165) is 44.7 Å². The largest absolute Gasteiger partial charge is 0.497 e. The number of H-pyrrole nitrogens is 1. The maximum atomic E-state index is 13.4. The van der Waals surface area contributed by atoms with Gasteiger partial charge in [0, 0.05) is 49.8 Å². The summed E-state index contributed by atoms with van der Waals surface area (Å²) < 4.78 is 22.9. The van der Waals surface area contributed by atoms with Crippen LogP contribution in [-0.2, 0) is 31.1 Å². The standard InChI is InChI=1S/C41H47N3O7/c1-48-34-19-15-32(16-20-34)41(31-11-5-4-6-12-31,33-17-21-35(49-2)22-18-33)51-26-10-24-44(23-9-25-45)29-39(46)43-38(40(47)50-3)27-30-28-42-37-14-8-7-13-36(30)37/h4-8,11-22,28,38,42,45H,9-10,23-27,29H2,1-3H3,(H,43,46). The predicted molar refractivity (Wildman–Crippen MR) is 197 cm³/mol. The molecular formula is C41H47N3O7. The molecule has 10 heteroatoms. The second-order valence-corrected chi connectivity index (χ2v) is 12.3.